The lowest BCUT2D eigenvalue weighted by atomic mass is 10.0. The number of fused-ring (bicyclic) bond motifs is 2. The molecule has 0 atom stereocenters. The van der Waals surface area contributed by atoms with Gasteiger partial charge in [-0.25, -0.2) is 9.49 Å². The number of hydrogen-bond donors (Lipinski definition) is 1. The van der Waals surface area contributed by atoms with Crippen molar-refractivity contribution in [3.63, 3.8) is 0 Å². The monoisotopic (exact) mass is 555 g/mol. The number of carbonyl (C=O) groups is 1. The molecule has 10 nitrogen and oxygen atoms in total. The summed E-state index contributed by atoms with van der Waals surface area (Å²) in [5.41, 5.74) is 1.06. The highest BCUT2D eigenvalue weighted by atomic mass is 19.1. The number of amides is 1. The Morgan fingerprint density at radius 3 is 2.66 bits per heavy atom. The fraction of sp³-hybridized carbons (Fsp3) is 0.300. The van der Waals surface area contributed by atoms with Gasteiger partial charge in [0.2, 0.25) is 0 Å². The third-order valence-electron chi connectivity index (χ3n) is 7.60. The smallest absolute Gasteiger partial charge is 0.272 e. The zero-order valence-electron chi connectivity index (χ0n) is 22.9. The van der Waals surface area contributed by atoms with Crippen LogP contribution in [0.4, 0.5) is 4.39 Å². The fourth-order valence-corrected chi connectivity index (χ4v) is 5.28. The van der Waals surface area contributed by atoms with Gasteiger partial charge in [0, 0.05) is 24.9 Å². The van der Waals surface area contributed by atoms with Gasteiger partial charge in [-0.15, -0.1) is 10.2 Å². The SMILES string of the molecule is CCN(CC)Cc1ccc(-c2nnc3n2CCN(C(=O)c2cc(Cc4n[nH]c(=O)c5ccccc45)ccc2F)C3)o1. The Morgan fingerprint density at radius 1 is 1.05 bits per heavy atom. The molecule has 0 saturated heterocycles. The molecule has 2 aromatic carbocycles. The van der Waals surface area contributed by atoms with Gasteiger partial charge in [-0.2, -0.15) is 5.10 Å². The van der Waals surface area contributed by atoms with Gasteiger partial charge < -0.3 is 13.9 Å². The maximum Gasteiger partial charge on any atom is 0.272 e. The van der Waals surface area contributed by atoms with Crippen LogP contribution in [-0.4, -0.2) is 60.3 Å². The number of hydrogen-bond acceptors (Lipinski definition) is 7. The Kier molecular flexibility index (Phi) is 7.19. The number of H-pyrrole nitrogens is 1. The van der Waals surface area contributed by atoms with Gasteiger partial charge in [-0.05, 0) is 49.0 Å². The molecule has 1 aliphatic rings. The van der Waals surface area contributed by atoms with Crippen LogP contribution in [-0.2, 0) is 26.1 Å². The summed E-state index contributed by atoms with van der Waals surface area (Å²) in [7, 11) is 0. The van der Waals surface area contributed by atoms with Crippen LogP contribution in [0, 0.1) is 5.82 Å². The van der Waals surface area contributed by atoms with E-state index in [0.717, 1.165) is 30.8 Å². The third kappa shape index (κ3) is 5.16. The molecule has 0 aliphatic carbocycles. The average molecular weight is 556 g/mol. The number of benzene rings is 2. The summed E-state index contributed by atoms with van der Waals surface area (Å²) < 4.78 is 22.9. The normalized spacial score (nSPS) is 13.2. The summed E-state index contributed by atoms with van der Waals surface area (Å²) >= 11 is 0. The molecule has 0 radical (unpaired) electrons. The Bertz CT molecular complexity index is 1790. The number of carbonyl (C=O) groups excluding carboxylic acids is 1. The fourth-order valence-electron chi connectivity index (χ4n) is 5.28. The van der Waals surface area contributed by atoms with Crippen molar-refractivity contribution in [3.05, 3.63) is 99.2 Å². The van der Waals surface area contributed by atoms with E-state index >= 15 is 0 Å². The molecule has 41 heavy (non-hydrogen) atoms. The van der Waals surface area contributed by atoms with Crippen molar-refractivity contribution >= 4 is 16.7 Å². The third-order valence-corrected chi connectivity index (χ3v) is 7.60. The van der Waals surface area contributed by atoms with Crippen LogP contribution >= 0.6 is 0 Å². The molecule has 6 rings (SSSR count). The van der Waals surface area contributed by atoms with Crippen LogP contribution < -0.4 is 5.56 Å². The number of aromatic nitrogens is 5. The molecule has 0 spiro atoms. The largest absolute Gasteiger partial charge is 0.456 e. The molecule has 0 saturated carbocycles. The van der Waals surface area contributed by atoms with Crippen LogP contribution in [0.3, 0.4) is 0 Å². The Balaban J connectivity index is 1.20. The quantitative estimate of drug-likeness (QED) is 0.308. The van der Waals surface area contributed by atoms with Crippen molar-refractivity contribution in [1.82, 2.24) is 34.8 Å². The first kappa shape index (κ1) is 26.6. The maximum absolute atomic E-state index is 14.9. The molecule has 0 bridgehead atoms. The first-order chi connectivity index (χ1) is 19.9. The maximum atomic E-state index is 14.9. The Morgan fingerprint density at radius 2 is 1.85 bits per heavy atom. The van der Waals surface area contributed by atoms with Gasteiger partial charge in [-0.3, -0.25) is 14.5 Å². The summed E-state index contributed by atoms with van der Waals surface area (Å²) in [6.07, 6.45) is 0.328. The highest BCUT2D eigenvalue weighted by Gasteiger charge is 2.28. The second-order valence-corrected chi connectivity index (χ2v) is 10.1. The zero-order chi connectivity index (χ0) is 28.5. The molecular formula is C30H30FN7O3. The van der Waals surface area contributed by atoms with E-state index in [4.69, 9.17) is 4.42 Å². The summed E-state index contributed by atoms with van der Waals surface area (Å²) in [4.78, 5) is 29.5. The standard InChI is InChI=1S/C30H30FN7O3/c1-3-36(4-2)17-20-10-12-26(41-20)28-34-33-27-18-37(13-14-38(27)28)30(40)23-15-19(9-11-24(23)31)16-25-21-7-5-6-8-22(21)29(39)35-32-25/h5-12,15H,3-4,13-14,16-18H2,1-2H3,(H,35,39). The zero-order valence-corrected chi connectivity index (χ0v) is 22.9. The molecule has 0 fully saturated rings. The van der Waals surface area contributed by atoms with Crippen molar-refractivity contribution in [3.8, 4) is 11.6 Å². The number of halogens is 1. The molecule has 1 N–H and O–H groups in total. The second kappa shape index (κ2) is 11.1. The molecule has 11 heteroatoms. The van der Waals surface area contributed by atoms with Gasteiger partial charge in [0.05, 0.1) is 29.7 Å². The lowest BCUT2D eigenvalue weighted by molar-refractivity contribution is 0.0703. The molecular weight excluding hydrogens is 525 g/mol. The van der Waals surface area contributed by atoms with Gasteiger partial charge in [0.15, 0.2) is 17.4 Å². The molecule has 1 aliphatic heterocycles. The van der Waals surface area contributed by atoms with Crippen molar-refractivity contribution < 1.29 is 13.6 Å². The lowest BCUT2D eigenvalue weighted by Crippen LogP contribution is -2.39. The Labute approximate surface area is 235 Å². The predicted molar refractivity (Wildman–Crippen MR) is 151 cm³/mol. The summed E-state index contributed by atoms with van der Waals surface area (Å²) in [6.45, 7) is 7.85. The van der Waals surface area contributed by atoms with E-state index in [-0.39, 0.29) is 17.7 Å². The Hall–Kier alpha value is -4.64. The van der Waals surface area contributed by atoms with Gasteiger partial charge >= 0.3 is 0 Å². The van der Waals surface area contributed by atoms with Crippen LogP contribution in [0.1, 0.15) is 47.0 Å². The first-order valence-corrected chi connectivity index (χ1v) is 13.7. The highest BCUT2D eigenvalue weighted by molar-refractivity contribution is 5.94. The van der Waals surface area contributed by atoms with E-state index in [2.05, 4.69) is 39.1 Å². The molecule has 4 heterocycles. The second-order valence-electron chi connectivity index (χ2n) is 10.1. The number of nitrogens with one attached hydrogen (secondary N) is 1. The van der Waals surface area contributed by atoms with E-state index in [1.165, 1.54) is 6.07 Å². The van der Waals surface area contributed by atoms with E-state index in [9.17, 15) is 14.0 Å². The van der Waals surface area contributed by atoms with Crippen LogP contribution in [0.5, 0.6) is 0 Å². The van der Waals surface area contributed by atoms with Crippen LogP contribution in [0.25, 0.3) is 22.4 Å². The summed E-state index contributed by atoms with van der Waals surface area (Å²) in [5, 5.41) is 16.6. The number of rotatable bonds is 8. The van der Waals surface area contributed by atoms with Crippen LogP contribution in [0.15, 0.2) is 63.8 Å². The highest BCUT2D eigenvalue weighted by Crippen LogP contribution is 2.26. The summed E-state index contributed by atoms with van der Waals surface area (Å²) in [6, 6.07) is 15.5. The summed E-state index contributed by atoms with van der Waals surface area (Å²) in [5.74, 6) is 1.70. The first-order valence-electron chi connectivity index (χ1n) is 13.7. The molecule has 1 amide bonds. The minimum absolute atomic E-state index is 0.0171. The van der Waals surface area contributed by atoms with E-state index in [1.807, 2.05) is 28.8 Å². The molecule has 5 aromatic rings. The lowest BCUT2D eigenvalue weighted by Gasteiger charge is -2.28. The predicted octanol–water partition coefficient (Wildman–Crippen LogP) is 4.00. The van der Waals surface area contributed by atoms with Crippen molar-refractivity contribution in [1.29, 1.82) is 0 Å². The van der Waals surface area contributed by atoms with E-state index in [1.54, 1.807) is 29.2 Å². The van der Waals surface area contributed by atoms with E-state index < -0.39 is 11.7 Å². The van der Waals surface area contributed by atoms with Crippen LogP contribution in [0.2, 0.25) is 0 Å². The van der Waals surface area contributed by atoms with Crippen molar-refractivity contribution in [2.75, 3.05) is 19.6 Å². The van der Waals surface area contributed by atoms with Gasteiger partial charge in [0.25, 0.3) is 11.5 Å². The molecule has 0 unspecified atom stereocenters. The molecule has 210 valence electrons. The number of aromatic amines is 1. The average Bonchev–Trinajstić information content (AvgIpc) is 3.64. The number of furan rings is 1. The number of nitrogens with zero attached hydrogens (tertiary/aromatic N) is 6. The topological polar surface area (TPSA) is 113 Å². The van der Waals surface area contributed by atoms with Gasteiger partial charge in [0.1, 0.15) is 11.6 Å². The minimum Gasteiger partial charge on any atom is -0.456 e. The van der Waals surface area contributed by atoms with Crippen molar-refractivity contribution in [2.45, 2.75) is 39.9 Å². The molecule has 3 aromatic heterocycles. The minimum atomic E-state index is -0.595. The van der Waals surface area contributed by atoms with Gasteiger partial charge in [-0.1, -0.05) is 38.1 Å². The van der Waals surface area contributed by atoms with Crippen molar-refractivity contribution in [2.24, 2.45) is 0 Å². The van der Waals surface area contributed by atoms with E-state index in [0.29, 0.717) is 53.6 Å².